The van der Waals surface area contributed by atoms with Gasteiger partial charge in [0.25, 0.3) is 0 Å². The Balaban J connectivity index is 1.74. The Kier molecular flexibility index (Phi) is 6.59. The van der Waals surface area contributed by atoms with Crippen molar-refractivity contribution < 1.29 is 19.1 Å². The van der Waals surface area contributed by atoms with Gasteiger partial charge in [0.15, 0.2) is 5.78 Å². The van der Waals surface area contributed by atoms with Gasteiger partial charge in [-0.3, -0.25) is 9.59 Å². The Morgan fingerprint density at radius 3 is 2.74 bits per heavy atom. The van der Waals surface area contributed by atoms with Crippen LogP contribution in [0.15, 0.2) is 18.2 Å². The topological polar surface area (TPSA) is 64.6 Å². The lowest BCUT2D eigenvalue weighted by molar-refractivity contribution is -0.120. The summed E-state index contributed by atoms with van der Waals surface area (Å²) < 4.78 is 10.8. The third kappa shape index (κ3) is 6.02. The second-order valence-electron chi connectivity index (χ2n) is 5.98. The molecule has 1 aliphatic rings. The molecule has 0 bridgehead atoms. The molecule has 1 saturated carbocycles. The summed E-state index contributed by atoms with van der Waals surface area (Å²) in [6.45, 7) is 3.63. The van der Waals surface area contributed by atoms with Crippen LogP contribution >= 0.6 is 0 Å². The molecular formula is C18H25NO4. The highest BCUT2D eigenvalue weighted by atomic mass is 16.5. The Morgan fingerprint density at radius 1 is 1.30 bits per heavy atom. The zero-order valence-corrected chi connectivity index (χ0v) is 13.9. The summed E-state index contributed by atoms with van der Waals surface area (Å²) in [4.78, 5) is 23.5. The van der Waals surface area contributed by atoms with E-state index >= 15 is 0 Å². The van der Waals surface area contributed by atoms with E-state index in [-0.39, 0.29) is 18.1 Å². The van der Waals surface area contributed by atoms with Crippen LogP contribution in [0.5, 0.6) is 5.75 Å². The van der Waals surface area contributed by atoms with E-state index in [1.54, 1.807) is 25.3 Å². The van der Waals surface area contributed by atoms with Gasteiger partial charge in [0.05, 0.1) is 13.5 Å². The Hall–Kier alpha value is -1.88. The van der Waals surface area contributed by atoms with Crippen LogP contribution in [0.3, 0.4) is 0 Å². The van der Waals surface area contributed by atoms with Crippen molar-refractivity contribution in [2.45, 2.75) is 32.6 Å². The Labute approximate surface area is 137 Å². The Morgan fingerprint density at radius 2 is 2.09 bits per heavy atom. The maximum absolute atomic E-state index is 12.0. The zero-order chi connectivity index (χ0) is 16.7. The summed E-state index contributed by atoms with van der Waals surface area (Å²) in [7, 11) is 1.56. The fourth-order valence-electron chi connectivity index (χ4n) is 2.31. The Bertz CT molecular complexity index is 552. The minimum absolute atomic E-state index is 0.0258. The van der Waals surface area contributed by atoms with Crippen molar-refractivity contribution in [3.63, 3.8) is 0 Å². The molecule has 0 spiro atoms. The van der Waals surface area contributed by atoms with Gasteiger partial charge in [0.1, 0.15) is 5.75 Å². The number of hydrogen-bond acceptors (Lipinski definition) is 4. The number of methoxy groups -OCH3 is 1. The third-order valence-corrected chi connectivity index (χ3v) is 3.88. The van der Waals surface area contributed by atoms with Gasteiger partial charge in [-0.1, -0.05) is 0 Å². The summed E-state index contributed by atoms with van der Waals surface area (Å²) in [6.07, 6.45) is 3.59. The van der Waals surface area contributed by atoms with E-state index in [2.05, 4.69) is 5.32 Å². The average Bonchev–Trinajstić information content (AvgIpc) is 3.34. The average molecular weight is 319 g/mol. The van der Waals surface area contributed by atoms with Gasteiger partial charge in [-0.2, -0.15) is 0 Å². The second-order valence-corrected chi connectivity index (χ2v) is 5.98. The van der Waals surface area contributed by atoms with Crippen LogP contribution in [-0.4, -0.2) is 38.6 Å². The van der Waals surface area contributed by atoms with Crippen LogP contribution < -0.4 is 10.1 Å². The molecule has 0 atom stereocenters. The van der Waals surface area contributed by atoms with Crippen molar-refractivity contribution in [3.05, 3.63) is 29.3 Å². The van der Waals surface area contributed by atoms with E-state index in [1.807, 2.05) is 0 Å². The van der Waals surface area contributed by atoms with Gasteiger partial charge in [-0.25, -0.2) is 0 Å². The predicted molar refractivity (Wildman–Crippen MR) is 87.9 cm³/mol. The first-order valence-electron chi connectivity index (χ1n) is 8.12. The molecule has 0 saturated heterocycles. The van der Waals surface area contributed by atoms with Crippen molar-refractivity contribution in [2.75, 3.05) is 26.9 Å². The lowest BCUT2D eigenvalue weighted by atomic mass is 10.0. The normalized spacial score (nSPS) is 13.7. The van der Waals surface area contributed by atoms with Crippen molar-refractivity contribution in [1.82, 2.24) is 5.32 Å². The van der Waals surface area contributed by atoms with Crippen molar-refractivity contribution in [1.29, 1.82) is 0 Å². The number of amides is 1. The molecule has 0 aromatic heterocycles. The lowest BCUT2D eigenvalue weighted by Gasteiger charge is -2.10. The van der Waals surface area contributed by atoms with E-state index in [0.717, 1.165) is 24.5 Å². The minimum Gasteiger partial charge on any atom is -0.496 e. The van der Waals surface area contributed by atoms with Gasteiger partial charge in [0.2, 0.25) is 5.91 Å². The molecule has 1 fully saturated rings. The van der Waals surface area contributed by atoms with Crippen molar-refractivity contribution in [3.8, 4) is 5.75 Å². The highest BCUT2D eigenvalue weighted by Crippen LogP contribution is 2.28. The quantitative estimate of drug-likeness (QED) is 0.531. The number of carbonyl (C=O) groups is 2. The number of ketones is 1. The molecule has 0 unspecified atom stereocenters. The predicted octanol–water partition coefficient (Wildman–Crippen LogP) is 2.37. The number of nitrogens with one attached hydrogen (secondary N) is 1. The monoisotopic (exact) mass is 319 g/mol. The number of rotatable bonds is 10. The molecule has 2 rings (SSSR count). The molecule has 0 aliphatic heterocycles. The standard InChI is InChI=1S/C18H25NO4/c1-13(20)15-6-7-17(22-2)16(10-15)11-18(21)19-8-3-9-23-12-14-4-5-14/h6-7,10,14H,3-5,8-9,11-12H2,1-2H3,(H,19,21). The summed E-state index contributed by atoms with van der Waals surface area (Å²) in [5, 5.41) is 2.88. The van der Waals surface area contributed by atoms with Gasteiger partial charge >= 0.3 is 0 Å². The first-order valence-corrected chi connectivity index (χ1v) is 8.12. The molecule has 1 aromatic rings. The molecule has 0 radical (unpaired) electrons. The number of Topliss-reactive ketones (excluding diaryl/α,β-unsaturated/α-hetero) is 1. The van der Waals surface area contributed by atoms with Crippen LogP contribution in [0.2, 0.25) is 0 Å². The smallest absolute Gasteiger partial charge is 0.224 e. The van der Waals surface area contributed by atoms with Gasteiger partial charge in [-0.15, -0.1) is 0 Å². The highest BCUT2D eigenvalue weighted by Gasteiger charge is 2.20. The zero-order valence-electron chi connectivity index (χ0n) is 13.9. The fraction of sp³-hybridized carbons (Fsp3) is 0.556. The number of carbonyl (C=O) groups excluding carboxylic acids is 2. The van der Waals surface area contributed by atoms with Crippen molar-refractivity contribution in [2.24, 2.45) is 5.92 Å². The highest BCUT2D eigenvalue weighted by molar-refractivity contribution is 5.94. The van der Waals surface area contributed by atoms with Crippen LogP contribution in [0.1, 0.15) is 42.1 Å². The van der Waals surface area contributed by atoms with Gasteiger partial charge in [-0.05, 0) is 50.3 Å². The van der Waals surface area contributed by atoms with E-state index in [9.17, 15) is 9.59 Å². The van der Waals surface area contributed by atoms with Crippen LogP contribution in [-0.2, 0) is 16.0 Å². The van der Waals surface area contributed by atoms with Crippen molar-refractivity contribution >= 4 is 11.7 Å². The van der Waals surface area contributed by atoms with Gasteiger partial charge in [0, 0.05) is 30.9 Å². The molecule has 0 heterocycles. The third-order valence-electron chi connectivity index (χ3n) is 3.88. The van der Waals surface area contributed by atoms with E-state index in [1.165, 1.54) is 19.8 Å². The molecule has 1 aromatic carbocycles. The second kappa shape index (κ2) is 8.67. The minimum atomic E-state index is -0.0776. The maximum Gasteiger partial charge on any atom is 0.224 e. The fourth-order valence-corrected chi connectivity index (χ4v) is 2.31. The number of ether oxygens (including phenoxy) is 2. The summed E-state index contributed by atoms with van der Waals surface area (Å²) in [5.41, 5.74) is 1.31. The molecule has 1 aliphatic carbocycles. The molecule has 5 nitrogen and oxygen atoms in total. The number of hydrogen-bond donors (Lipinski definition) is 1. The summed E-state index contributed by atoms with van der Waals surface area (Å²) in [6, 6.07) is 5.16. The molecule has 5 heteroatoms. The molecule has 23 heavy (non-hydrogen) atoms. The molecule has 126 valence electrons. The molecular weight excluding hydrogens is 294 g/mol. The molecule has 1 N–H and O–H groups in total. The largest absolute Gasteiger partial charge is 0.496 e. The van der Waals surface area contributed by atoms with E-state index < -0.39 is 0 Å². The summed E-state index contributed by atoms with van der Waals surface area (Å²) in [5.74, 6) is 1.29. The SMILES string of the molecule is COc1ccc(C(C)=O)cc1CC(=O)NCCCOCC1CC1. The van der Waals surface area contributed by atoms with E-state index in [4.69, 9.17) is 9.47 Å². The van der Waals surface area contributed by atoms with Gasteiger partial charge < -0.3 is 14.8 Å². The van der Waals surface area contributed by atoms with E-state index in [0.29, 0.717) is 24.5 Å². The number of benzene rings is 1. The first kappa shape index (κ1) is 17.5. The first-order chi connectivity index (χ1) is 11.1. The van der Waals surface area contributed by atoms with Crippen LogP contribution in [0.25, 0.3) is 0 Å². The summed E-state index contributed by atoms with van der Waals surface area (Å²) >= 11 is 0. The van der Waals surface area contributed by atoms with Crippen LogP contribution in [0, 0.1) is 5.92 Å². The van der Waals surface area contributed by atoms with Crippen LogP contribution in [0.4, 0.5) is 0 Å². The molecule has 1 amide bonds. The lowest BCUT2D eigenvalue weighted by Crippen LogP contribution is -2.27. The maximum atomic E-state index is 12.0.